The Morgan fingerprint density at radius 1 is 1.12 bits per heavy atom. The van der Waals surface area contributed by atoms with Crippen molar-refractivity contribution < 1.29 is 13.2 Å². The molecule has 2 aromatic rings. The van der Waals surface area contributed by atoms with Gasteiger partial charge in [-0.15, -0.1) is 0 Å². The number of aryl methyl sites for hydroxylation is 1. The van der Waals surface area contributed by atoms with Crippen molar-refractivity contribution in [3.8, 4) is 0 Å². The number of sulfonamides is 1. The second kappa shape index (κ2) is 7.98. The van der Waals surface area contributed by atoms with Crippen LogP contribution in [0.4, 0.5) is 17.1 Å². The lowest BCUT2D eigenvalue weighted by atomic mass is 10.1. The normalized spacial score (nSPS) is 12.8. The average Bonchev–Trinajstić information content (AvgIpc) is 3.10. The average molecular weight is 393 g/mol. The number of rotatable bonds is 7. The molecule has 0 bridgehead atoms. The first-order valence-corrected chi connectivity index (χ1v) is 10.5. The Labute approximate surface area is 157 Å². The van der Waals surface area contributed by atoms with Crippen LogP contribution in [0.25, 0.3) is 0 Å². The number of nitrogens with one attached hydrogen (secondary N) is 4. The van der Waals surface area contributed by atoms with Crippen LogP contribution in [0.3, 0.4) is 0 Å². The molecule has 1 heterocycles. The van der Waals surface area contributed by atoms with Gasteiger partial charge in [0, 0.05) is 18.7 Å². The van der Waals surface area contributed by atoms with Crippen LogP contribution < -0.4 is 19.5 Å². The molecule has 0 aliphatic carbocycles. The van der Waals surface area contributed by atoms with Crippen LogP contribution in [0.2, 0.25) is 0 Å². The van der Waals surface area contributed by atoms with Gasteiger partial charge in [0.1, 0.15) is 4.90 Å². The number of benzene rings is 2. The van der Waals surface area contributed by atoms with Crippen molar-refractivity contribution in [3.05, 3.63) is 48.0 Å². The Bertz CT molecular complexity index is 899. The van der Waals surface area contributed by atoms with E-state index in [0.29, 0.717) is 17.1 Å². The van der Waals surface area contributed by atoms with Gasteiger partial charge < -0.3 is 14.8 Å². The summed E-state index contributed by atoms with van der Waals surface area (Å²) in [4.78, 5) is 12.2. The molecule has 3 rings (SSSR count). The first kappa shape index (κ1) is 18.6. The molecule has 9 heteroatoms. The predicted molar refractivity (Wildman–Crippen MR) is 106 cm³/mol. The zero-order valence-corrected chi connectivity index (χ0v) is 15.8. The van der Waals surface area contributed by atoms with Gasteiger partial charge in [0.25, 0.3) is 0 Å². The number of fused-ring (bicyclic) bond motifs is 1. The quantitative estimate of drug-likeness (QED) is 0.541. The molecule has 1 aliphatic rings. The highest BCUT2D eigenvalue weighted by molar-refractivity contribution is 8.02. The fourth-order valence-electron chi connectivity index (χ4n) is 2.50. The van der Waals surface area contributed by atoms with Crippen LogP contribution >= 0.6 is 12.1 Å². The van der Waals surface area contributed by atoms with Gasteiger partial charge in [-0.1, -0.05) is 25.1 Å². The van der Waals surface area contributed by atoms with E-state index in [4.69, 9.17) is 0 Å². The summed E-state index contributed by atoms with van der Waals surface area (Å²) in [6, 6.07) is 12.6. The Morgan fingerprint density at radius 3 is 2.62 bits per heavy atom. The third-order valence-electron chi connectivity index (χ3n) is 3.92. The number of para-hydroxylation sites is 1. The maximum absolute atomic E-state index is 12.5. The lowest BCUT2D eigenvalue weighted by Gasteiger charge is -2.10. The van der Waals surface area contributed by atoms with E-state index in [-0.39, 0.29) is 23.8 Å². The van der Waals surface area contributed by atoms with Crippen molar-refractivity contribution in [2.45, 2.75) is 24.7 Å². The topological polar surface area (TPSA) is 99.3 Å². The third-order valence-corrected chi connectivity index (χ3v) is 6.05. The highest BCUT2D eigenvalue weighted by atomic mass is 32.2. The standard InChI is InChI=1S/C17H20N4O3S2/c1-2-12-6-8-13(9-7-12)19-16(22)10-11-18-26(23,24)15-5-3-4-14-17(15)21-25-20-14/h3-9,18,20-21H,2,10-11H2,1H3,(H,19,22). The maximum Gasteiger partial charge on any atom is 0.242 e. The fraction of sp³-hybridized carbons (Fsp3) is 0.235. The smallest absolute Gasteiger partial charge is 0.242 e. The number of hydrogen-bond donors (Lipinski definition) is 4. The maximum atomic E-state index is 12.5. The molecule has 0 unspecified atom stereocenters. The molecule has 1 amide bonds. The lowest BCUT2D eigenvalue weighted by molar-refractivity contribution is -0.116. The van der Waals surface area contributed by atoms with Gasteiger partial charge in [0.15, 0.2) is 0 Å². The van der Waals surface area contributed by atoms with Crippen LogP contribution in [-0.4, -0.2) is 20.9 Å². The molecule has 138 valence electrons. The molecule has 4 N–H and O–H groups in total. The number of carbonyl (C=O) groups is 1. The predicted octanol–water partition coefficient (Wildman–Crippen LogP) is 2.96. The summed E-state index contributed by atoms with van der Waals surface area (Å²) in [7, 11) is -3.71. The van der Waals surface area contributed by atoms with Crippen LogP contribution in [0.1, 0.15) is 18.9 Å². The number of anilines is 3. The van der Waals surface area contributed by atoms with Gasteiger partial charge in [-0.3, -0.25) is 4.79 Å². The van der Waals surface area contributed by atoms with Crippen molar-refractivity contribution >= 4 is 45.1 Å². The van der Waals surface area contributed by atoms with E-state index in [9.17, 15) is 13.2 Å². The Morgan fingerprint density at radius 2 is 1.88 bits per heavy atom. The highest BCUT2D eigenvalue weighted by Crippen LogP contribution is 2.37. The minimum Gasteiger partial charge on any atom is -0.326 e. The van der Waals surface area contributed by atoms with E-state index >= 15 is 0 Å². The van der Waals surface area contributed by atoms with Crippen molar-refractivity contribution in [2.75, 3.05) is 21.3 Å². The first-order chi connectivity index (χ1) is 12.5. The number of hydrogen-bond acceptors (Lipinski definition) is 6. The summed E-state index contributed by atoms with van der Waals surface area (Å²) in [5, 5.41) is 2.76. The van der Waals surface area contributed by atoms with Crippen LogP contribution in [-0.2, 0) is 21.2 Å². The van der Waals surface area contributed by atoms with Crippen molar-refractivity contribution in [2.24, 2.45) is 0 Å². The Kier molecular flexibility index (Phi) is 5.70. The lowest BCUT2D eigenvalue weighted by Crippen LogP contribution is -2.28. The molecule has 7 nitrogen and oxygen atoms in total. The molecule has 0 spiro atoms. The minimum atomic E-state index is -3.71. The molecule has 26 heavy (non-hydrogen) atoms. The first-order valence-electron chi connectivity index (χ1n) is 8.19. The summed E-state index contributed by atoms with van der Waals surface area (Å²) in [6.45, 7) is 2.08. The van der Waals surface area contributed by atoms with E-state index in [1.807, 2.05) is 24.3 Å². The van der Waals surface area contributed by atoms with Crippen molar-refractivity contribution in [1.82, 2.24) is 4.72 Å². The summed E-state index contributed by atoms with van der Waals surface area (Å²) >= 11 is 1.21. The van der Waals surface area contributed by atoms with Gasteiger partial charge >= 0.3 is 0 Å². The largest absolute Gasteiger partial charge is 0.326 e. The second-order valence-corrected chi connectivity index (χ2v) is 8.08. The fourth-order valence-corrected chi connectivity index (χ4v) is 4.43. The van der Waals surface area contributed by atoms with Gasteiger partial charge in [-0.25, -0.2) is 13.1 Å². The van der Waals surface area contributed by atoms with Crippen LogP contribution in [0.5, 0.6) is 0 Å². The molecule has 2 aromatic carbocycles. The van der Waals surface area contributed by atoms with Crippen molar-refractivity contribution in [1.29, 1.82) is 0 Å². The summed E-state index contributed by atoms with van der Waals surface area (Å²) in [6.07, 6.45) is 0.978. The number of carbonyl (C=O) groups excluding carboxylic acids is 1. The van der Waals surface area contributed by atoms with Crippen LogP contribution in [0.15, 0.2) is 47.4 Å². The monoisotopic (exact) mass is 392 g/mol. The van der Waals surface area contributed by atoms with E-state index in [2.05, 4.69) is 26.4 Å². The van der Waals surface area contributed by atoms with Gasteiger partial charge in [0.2, 0.25) is 15.9 Å². The summed E-state index contributed by atoms with van der Waals surface area (Å²) in [5.74, 6) is -0.245. The molecule has 0 saturated heterocycles. The summed E-state index contributed by atoms with van der Waals surface area (Å²) < 4.78 is 33.3. The van der Waals surface area contributed by atoms with Gasteiger partial charge in [-0.05, 0) is 36.2 Å². The van der Waals surface area contributed by atoms with Gasteiger partial charge in [0.05, 0.1) is 23.5 Å². The van der Waals surface area contributed by atoms with E-state index in [1.165, 1.54) is 23.8 Å². The molecule has 1 aliphatic heterocycles. The molecular formula is C17H20N4O3S2. The van der Waals surface area contributed by atoms with Crippen molar-refractivity contribution in [3.63, 3.8) is 0 Å². The third kappa shape index (κ3) is 4.29. The molecule has 0 radical (unpaired) electrons. The second-order valence-electron chi connectivity index (χ2n) is 5.73. The molecule has 0 fully saturated rings. The molecule has 0 saturated carbocycles. The molecule has 0 atom stereocenters. The Balaban J connectivity index is 1.55. The zero-order valence-electron chi connectivity index (χ0n) is 14.2. The molecular weight excluding hydrogens is 372 g/mol. The summed E-state index contributed by atoms with van der Waals surface area (Å²) in [5.41, 5.74) is 3.12. The number of amides is 1. The Hall–Kier alpha value is -2.23. The minimum absolute atomic E-state index is 0.0193. The van der Waals surface area contributed by atoms with E-state index < -0.39 is 10.0 Å². The highest BCUT2D eigenvalue weighted by Gasteiger charge is 2.23. The van der Waals surface area contributed by atoms with Crippen LogP contribution in [0, 0.1) is 0 Å². The molecule has 0 aromatic heterocycles. The van der Waals surface area contributed by atoms with E-state index in [0.717, 1.165) is 6.42 Å². The van der Waals surface area contributed by atoms with Gasteiger partial charge in [-0.2, -0.15) is 0 Å². The SMILES string of the molecule is CCc1ccc(NC(=O)CCNS(=O)(=O)c2cccc3c2NSN3)cc1. The zero-order chi connectivity index (χ0) is 18.6. The van der Waals surface area contributed by atoms with E-state index in [1.54, 1.807) is 12.1 Å².